The van der Waals surface area contributed by atoms with Crippen molar-refractivity contribution < 1.29 is 4.74 Å². The molecule has 0 aromatic heterocycles. The summed E-state index contributed by atoms with van der Waals surface area (Å²) in [6, 6.07) is 0. The molecule has 0 fully saturated rings. The van der Waals surface area contributed by atoms with Gasteiger partial charge in [-0.3, -0.25) is 0 Å². The maximum atomic E-state index is 5.42. The van der Waals surface area contributed by atoms with Gasteiger partial charge in [0.05, 0.1) is 6.61 Å². The van der Waals surface area contributed by atoms with E-state index in [4.69, 9.17) is 4.74 Å². The average Bonchev–Trinajstić information content (AvgIpc) is 2.12. The first kappa shape index (κ1) is 12.7. The van der Waals surface area contributed by atoms with E-state index in [2.05, 4.69) is 18.5 Å². The van der Waals surface area contributed by atoms with Crippen LogP contribution in [0.1, 0.15) is 6.92 Å². The molecule has 1 nitrogen and oxygen atoms in total. The fraction of sp³-hybridized carbons (Fsp3) is 0.714. The highest BCUT2D eigenvalue weighted by atomic mass is 32.2. The second-order valence-corrected chi connectivity index (χ2v) is 5.03. The third-order valence-corrected chi connectivity index (χ3v) is 4.24. The molecule has 70 valence electrons. The zero-order chi connectivity index (χ0) is 9.40. The third kappa shape index (κ3) is 5.33. The van der Waals surface area contributed by atoms with Crippen LogP contribution in [0.4, 0.5) is 0 Å². The van der Waals surface area contributed by atoms with Crippen LogP contribution < -0.4 is 0 Å². The molecule has 0 saturated heterocycles. The predicted molar refractivity (Wildman–Crippen MR) is 66.0 cm³/mol. The summed E-state index contributed by atoms with van der Waals surface area (Å²) in [7, 11) is 0. The lowest BCUT2D eigenvalue weighted by Gasteiger charge is -2.07. The number of thioether (sulfide) groups is 1. The minimum Gasteiger partial charge on any atom is -0.489 e. The SMILES string of the molecule is CCO/C(=C/B(SC)SC)SC. The molecule has 0 aliphatic heterocycles. The highest BCUT2D eigenvalue weighted by Gasteiger charge is 2.08. The average molecular weight is 222 g/mol. The quantitative estimate of drug-likeness (QED) is 0.504. The summed E-state index contributed by atoms with van der Waals surface area (Å²) >= 11 is 5.33. The van der Waals surface area contributed by atoms with Gasteiger partial charge in [-0.2, -0.15) is 23.2 Å². The fourth-order valence-electron chi connectivity index (χ4n) is 0.661. The molecule has 0 amide bonds. The zero-order valence-corrected chi connectivity index (χ0v) is 10.4. The predicted octanol–water partition coefficient (Wildman–Crippen LogP) is 2.98. The van der Waals surface area contributed by atoms with Crippen molar-refractivity contribution in [1.29, 1.82) is 0 Å². The van der Waals surface area contributed by atoms with Crippen molar-refractivity contribution in [3.8, 4) is 0 Å². The van der Waals surface area contributed by atoms with E-state index >= 15 is 0 Å². The summed E-state index contributed by atoms with van der Waals surface area (Å²) in [5.74, 6) is 2.17. The molecule has 0 spiro atoms. The summed E-state index contributed by atoms with van der Waals surface area (Å²) < 4.78 is 5.42. The maximum Gasteiger partial charge on any atom is 0.303 e. The Morgan fingerprint density at radius 3 is 2.25 bits per heavy atom. The van der Waals surface area contributed by atoms with Gasteiger partial charge in [0.2, 0.25) is 0 Å². The smallest absolute Gasteiger partial charge is 0.303 e. The van der Waals surface area contributed by atoms with Gasteiger partial charge in [0.15, 0.2) is 0 Å². The molecule has 0 bridgehead atoms. The van der Waals surface area contributed by atoms with Crippen LogP contribution in [0.15, 0.2) is 11.1 Å². The molecule has 0 aliphatic rings. The van der Waals surface area contributed by atoms with Crippen LogP contribution in [0, 0.1) is 0 Å². The Bertz CT molecular complexity index is 137. The van der Waals surface area contributed by atoms with Gasteiger partial charge < -0.3 is 4.74 Å². The maximum absolute atomic E-state index is 5.42. The third-order valence-electron chi connectivity index (χ3n) is 1.22. The monoisotopic (exact) mass is 222 g/mol. The molecule has 0 aromatic rings. The summed E-state index contributed by atoms with van der Waals surface area (Å²) in [4.78, 5) is 0. The van der Waals surface area contributed by atoms with E-state index in [1.54, 1.807) is 11.8 Å². The second-order valence-electron chi connectivity index (χ2n) is 1.96. The van der Waals surface area contributed by atoms with Crippen molar-refractivity contribution in [3.63, 3.8) is 0 Å². The van der Waals surface area contributed by atoms with Crippen molar-refractivity contribution in [3.05, 3.63) is 11.1 Å². The Hall–Kier alpha value is 0.655. The Labute approximate surface area is 88.3 Å². The van der Waals surface area contributed by atoms with E-state index < -0.39 is 0 Å². The lowest BCUT2D eigenvalue weighted by atomic mass is 10.1. The van der Waals surface area contributed by atoms with E-state index in [1.165, 1.54) is 0 Å². The van der Waals surface area contributed by atoms with Crippen molar-refractivity contribution in [1.82, 2.24) is 0 Å². The number of ether oxygens (including phenoxy) is 1. The van der Waals surface area contributed by atoms with E-state index in [0.717, 1.165) is 11.7 Å². The topological polar surface area (TPSA) is 9.23 Å². The normalized spacial score (nSPS) is 11.5. The molecule has 0 unspecified atom stereocenters. The van der Waals surface area contributed by atoms with Crippen LogP contribution in [-0.4, -0.2) is 30.6 Å². The molecule has 0 atom stereocenters. The van der Waals surface area contributed by atoms with Crippen LogP contribution >= 0.6 is 35.0 Å². The Morgan fingerprint density at radius 2 is 1.92 bits per heavy atom. The van der Waals surface area contributed by atoms with Gasteiger partial charge >= 0.3 is 5.27 Å². The van der Waals surface area contributed by atoms with Crippen LogP contribution in [0.3, 0.4) is 0 Å². The van der Waals surface area contributed by atoms with Gasteiger partial charge in [-0.05, 0) is 31.7 Å². The highest BCUT2D eigenvalue weighted by molar-refractivity contribution is 8.54. The van der Waals surface area contributed by atoms with Crippen LogP contribution in [-0.2, 0) is 4.74 Å². The van der Waals surface area contributed by atoms with Gasteiger partial charge in [-0.25, -0.2) is 0 Å². The van der Waals surface area contributed by atoms with E-state index in [1.807, 2.05) is 36.4 Å². The molecule has 0 saturated carbocycles. The van der Waals surface area contributed by atoms with Gasteiger partial charge in [-0.1, -0.05) is 11.8 Å². The summed E-state index contributed by atoms with van der Waals surface area (Å²) in [5, 5.41) is 1.55. The van der Waals surface area contributed by atoms with E-state index in [0.29, 0.717) is 5.27 Å². The second kappa shape index (κ2) is 8.26. The molecular weight excluding hydrogens is 207 g/mol. The molecule has 0 aromatic carbocycles. The molecule has 0 N–H and O–H groups in total. The standard InChI is InChI=1S/C7H15BOS3/c1-5-9-7(10-2)6-8(11-3)12-4/h6H,5H2,1-4H3/b7-6-. The first-order valence-electron chi connectivity index (χ1n) is 3.72. The lowest BCUT2D eigenvalue weighted by molar-refractivity contribution is 0.258. The van der Waals surface area contributed by atoms with Crippen molar-refractivity contribution in [2.24, 2.45) is 0 Å². The largest absolute Gasteiger partial charge is 0.489 e. The van der Waals surface area contributed by atoms with Crippen LogP contribution in [0.5, 0.6) is 0 Å². The molecule has 5 heteroatoms. The van der Waals surface area contributed by atoms with Crippen LogP contribution in [0.25, 0.3) is 0 Å². The molecule has 0 radical (unpaired) electrons. The summed E-state index contributed by atoms with van der Waals surface area (Å²) in [5.41, 5.74) is 0. The summed E-state index contributed by atoms with van der Waals surface area (Å²) in [6.07, 6.45) is 6.27. The van der Waals surface area contributed by atoms with Gasteiger partial charge in [0.25, 0.3) is 0 Å². The highest BCUT2D eigenvalue weighted by Crippen LogP contribution is 2.21. The molecule has 0 rings (SSSR count). The minimum atomic E-state index is 0.513. The van der Waals surface area contributed by atoms with E-state index in [9.17, 15) is 0 Å². The summed E-state index contributed by atoms with van der Waals surface area (Å²) in [6.45, 7) is 2.76. The first-order valence-corrected chi connectivity index (χ1v) is 7.52. The zero-order valence-electron chi connectivity index (χ0n) is 7.99. The Balaban J connectivity index is 4.03. The molecule has 12 heavy (non-hydrogen) atoms. The first-order chi connectivity index (χ1) is 5.78. The van der Waals surface area contributed by atoms with Crippen LogP contribution in [0.2, 0.25) is 0 Å². The van der Waals surface area contributed by atoms with Crippen molar-refractivity contribution in [2.75, 3.05) is 25.4 Å². The number of hydrogen-bond acceptors (Lipinski definition) is 4. The van der Waals surface area contributed by atoms with Gasteiger partial charge in [-0.15, -0.1) is 0 Å². The minimum absolute atomic E-state index is 0.513. The van der Waals surface area contributed by atoms with Gasteiger partial charge in [0.1, 0.15) is 5.09 Å². The van der Waals surface area contributed by atoms with E-state index in [-0.39, 0.29) is 0 Å². The Morgan fingerprint density at radius 1 is 1.33 bits per heavy atom. The number of rotatable bonds is 6. The lowest BCUT2D eigenvalue weighted by Crippen LogP contribution is -1.99. The number of hydrogen-bond donors (Lipinski definition) is 0. The molecule has 0 aliphatic carbocycles. The Kier molecular flexibility index (Phi) is 8.71. The van der Waals surface area contributed by atoms with Crippen molar-refractivity contribution >= 4 is 40.3 Å². The molecular formula is C7H15BOS3. The fourth-order valence-corrected chi connectivity index (χ4v) is 2.63. The molecule has 0 heterocycles. The van der Waals surface area contributed by atoms with Gasteiger partial charge in [0, 0.05) is 0 Å². The van der Waals surface area contributed by atoms with Crippen molar-refractivity contribution in [2.45, 2.75) is 6.92 Å².